The van der Waals surface area contributed by atoms with E-state index in [0.717, 1.165) is 11.8 Å². The van der Waals surface area contributed by atoms with Crippen LogP contribution in [0, 0.1) is 17.8 Å². The van der Waals surface area contributed by atoms with E-state index >= 15 is 0 Å². The van der Waals surface area contributed by atoms with Crippen LogP contribution in [0.15, 0.2) is 17.3 Å². The molecular weight excluding hydrogens is 238 g/mol. The average Bonchev–Trinajstić information content (AvgIpc) is 3.21. The minimum absolute atomic E-state index is 0.225. The topological polar surface area (TPSA) is 74.8 Å². The van der Waals surface area contributed by atoms with Gasteiger partial charge in [0.25, 0.3) is 0 Å². The summed E-state index contributed by atoms with van der Waals surface area (Å²) in [5, 5.41) is 6.19. The van der Waals surface area contributed by atoms with Gasteiger partial charge in [-0.2, -0.15) is 5.10 Å². The van der Waals surface area contributed by atoms with Crippen LogP contribution in [0.25, 0.3) is 0 Å². The van der Waals surface area contributed by atoms with Crippen LogP contribution in [-0.4, -0.2) is 25.2 Å². The van der Waals surface area contributed by atoms with Gasteiger partial charge in [0, 0.05) is 12.7 Å². The summed E-state index contributed by atoms with van der Waals surface area (Å²) < 4.78 is 26.5. The van der Waals surface area contributed by atoms with Crippen LogP contribution in [0.2, 0.25) is 0 Å². The zero-order valence-corrected chi connectivity index (χ0v) is 10.4. The van der Waals surface area contributed by atoms with E-state index in [1.807, 2.05) is 0 Å². The molecule has 17 heavy (non-hydrogen) atoms. The van der Waals surface area contributed by atoms with Crippen LogP contribution >= 0.6 is 0 Å². The summed E-state index contributed by atoms with van der Waals surface area (Å²) in [6, 6.07) is 0. The van der Waals surface area contributed by atoms with Crippen molar-refractivity contribution in [3.63, 3.8) is 0 Å². The van der Waals surface area contributed by atoms with Crippen LogP contribution in [0.4, 0.5) is 0 Å². The van der Waals surface area contributed by atoms with Crippen molar-refractivity contribution in [2.24, 2.45) is 17.8 Å². The smallest absolute Gasteiger partial charge is 0.243 e. The summed E-state index contributed by atoms with van der Waals surface area (Å²) in [4.78, 5) is 0.225. The minimum atomic E-state index is -3.37. The van der Waals surface area contributed by atoms with Crippen molar-refractivity contribution in [3.8, 4) is 0 Å². The molecule has 2 fully saturated rings. The summed E-state index contributed by atoms with van der Waals surface area (Å²) in [7, 11) is -3.37. The molecule has 5 nitrogen and oxygen atoms in total. The first kappa shape index (κ1) is 11.2. The maximum Gasteiger partial charge on any atom is 0.243 e. The molecule has 2 N–H and O–H groups in total. The number of hydrogen-bond acceptors (Lipinski definition) is 3. The van der Waals surface area contributed by atoms with E-state index < -0.39 is 10.0 Å². The zero-order chi connectivity index (χ0) is 11.9. The van der Waals surface area contributed by atoms with Gasteiger partial charge in [-0.05, 0) is 43.4 Å². The lowest BCUT2D eigenvalue weighted by Gasteiger charge is -2.15. The SMILES string of the molecule is O=S(=O)(NCC(C1CC1)C1CC1)c1cn[nH]c1. The van der Waals surface area contributed by atoms with Crippen molar-refractivity contribution >= 4 is 10.0 Å². The van der Waals surface area contributed by atoms with Gasteiger partial charge in [0.2, 0.25) is 10.0 Å². The Morgan fingerprint density at radius 1 is 1.35 bits per heavy atom. The number of aromatic amines is 1. The van der Waals surface area contributed by atoms with Gasteiger partial charge in [0.05, 0.1) is 6.20 Å². The molecule has 1 aromatic rings. The fourth-order valence-corrected chi connectivity index (χ4v) is 3.42. The third-order valence-electron chi connectivity index (χ3n) is 3.75. The van der Waals surface area contributed by atoms with E-state index in [4.69, 9.17) is 0 Å². The Kier molecular flexibility index (Phi) is 2.71. The molecule has 3 rings (SSSR count). The largest absolute Gasteiger partial charge is 0.284 e. The predicted molar refractivity (Wildman–Crippen MR) is 62.7 cm³/mol. The van der Waals surface area contributed by atoms with Crippen LogP contribution in [0.3, 0.4) is 0 Å². The van der Waals surface area contributed by atoms with Gasteiger partial charge >= 0.3 is 0 Å². The van der Waals surface area contributed by atoms with Gasteiger partial charge in [-0.3, -0.25) is 5.10 Å². The molecule has 0 aromatic carbocycles. The molecule has 6 heteroatoms. The average molecular weight is 255 g/mol. The van der Waals surface area contributed by atoms with Crippen molar-refractivity contribution in [1.82, 2.24) is 14.9 Å². The van der Waals surface area contributed by atoms with Gasteiger partial charge in [-0.15, -0.1) is 0 Å². The molecule has 0 amide bonds. The Labute approximate surface area is 101 Å². The molecule has 0 bridgehead atoms. The molecule has 94 valence electrons. The molecule has 2 saturated carbocycles. The van der Waals surface area contributed by atoms with Crippen LogP contribution in [0.1, 0.15) is 25.7 Å². The monoisotopic (exact) mass is 255 g/mol. The van der Waals surface area contributed by atoms with Crippen molar-refractivity contribution in [1.29, 1.82) is 0 Å². The Hall–Kier alpha value is -0.880. The Morgan fingerprint density at radius 3 is 2.47 bits per heavy atom. The molecular formula is C11H17N3O2S. The van der Waals surface area contributed by atoms with Gasteiger partial charge in [-0.25, -0.2) is 13.1 Å². The standard InChI is InChI=1S/C11H17N3O2S/c15-17(16,10-5-12-13-6-10)14-7-11(8-1-2-8)9-3-4-9/h5-6,8-9,11,14H,1-4,7H2,(H,12,13). The number of H-pyrrole nitrogens is 1. The maximum atomic E-state index is 11.9. The van der Waals surface area contributed by atoms with E-state index in [1.165, 1.54) is 38.1 Å². The summed E-state index contributed by atoms with van der Waals surface area (Å²) in [5.41, 5.74) is 0. The number of aromatic nitrogens is 2. The maximum absolute atomic E-state index is 11.9. The van der Waals surface area contributed by atoms with Crippen LogP contribution < -0.4 is 4.72 Å². The molecule has 0 radical (unpaired) electrons. The first-order valence-corrected chi connectivity index (χ1v) is 7.63. The lowest BCUT2D eigenvalue weighted by atomic mass is 9.99. The number of sulfonamides is 1. The van der Waals surface area contributed by atoms with Gasteiger partial charge in [-0.1, -0.05) is 0 Å². The lowest BCUT2D eigenvalue weighted by Crippen LogP contribution is -2.31. The highest BCUT2D eigenvalue weighted by Crippen LogP contribution is 2.48. The summed E-state index contributed by atoms with van der Waals surface area (Å²) >= 11 is 0. The molecule has 1 heterocycles. The second-order valence-corrected chi connectivity index (χ2v) is 6.89. The lowest BCUT2D eigenvalue weighted by molar-refractivity contribution is 0.401. The Morgan fingerprint density at radius 2 is 2.00 bits per heavy atom. The summed E-state index contributed by atoms with van der Waals surface area (Å²) in [6.45, 7) is 0.586. The number of rotatable bonds is 6. The fraction of sp³-hybridized carbons (Fsp3) is 0.727. The van der Waals surface area contributed by atoms with E-state index in [1.54, 1.807) is 0 Å². The predicted octanol–water partition coefficient (Wildman–Crippen LogP) is 1.12. The molecule has 0 aliphatic heterocycles. The first-order valence-electron chi connectivity index (χ1n) is 6.15. The molecule has 2 aliphatic carbocycles. The highest BCUT2D eigenvalue weighted by atomic mass is 32.2. The number of nitrogens with zero attached hydrogens (tertiary/aromatic N) is 1. The van der Waals surface area contributed by atoms with E-state index in [-0.39, 0.29) is 4.90 Å². The van der Waals surface area contributed by atoms with Crippen molar-refractivity contribution in [2.45, 2.75) is 30.6 Å². The fourth-order valence-electron chi connectivity index (χ4n) is 2.44. The summed E-state index contributed by atoms with van der Waals surface area (Å²) in [6.07, 6.45) is 7.84. The van der Waals surface area contributed by atoms with Gasteiger partial charge < -0.3 is 0 Å². The molecule has 0 saturated heterocycles. The van der Waals surface area contributed by atoms with E-state index in [0.29, 0.717) is 12.5 Å². The highest BCUT2D eigenvalue weighted by Gasteiger charge is 2.41. The second kappa shape index (κ2) is 4.10. The summed E-state index contributed by atoms with van der Waals surface area (Å²) in [5.74, 6) is 2.07. The van der Waals surface area contributed by atoms with Crippen molar-refractivity contribution in [2.75, 3.05) is 6.54 Å². The van der Waals surface area contributed by atoms with E-state index in [9.17, 15) is 8.42 Å². The van der Waals surface area contributed by atoms with Gasteiger partial charge in [0.1, 0.15) is 4.90 Å². The number of hydrogen-bond donors (Lipinski definition) is 2. The zero-order valence-electron chi connectivity index (χ0n) is 9.59. The molecule has 1 aromatic heterocycles. The highest BCUT2D eigenvalue weighted by molar-refractivity contribution is 7.89. The third-order valence-corrected chi connectivity index (χ3v) is 5.14. The molecule has 0 spiro atoms. The second-order valence-electron chi connectivity index (χ2n) is 5.12. The molecule has 2 aliphatic rings. The minimum Gasteiger partial charge on any atom is -0.284 e. The molecule has 0 unspecified atom stereocenters. The normalized spacial score (nSPS) is 21.0. The van der Waals surface area contributed by atoms with Crippen LogP contribution in [-0.2, 0) is 10.0 Å². The van der Waals surface area contributed by atoms with E-state index in [2.05, 4.69) is 14.9 Å². The quantitative estimate of drug-likeness (QED) is 0.800. The Balaban J connectivity index is 1.63. The van der Waals surface area contributed by atoms with Crippen molar-refractivity contribution in [3.05, 3.63) is 12.4 Å². The molecule has 0 atom stereocenters. The Bertz CT molecular complexity index is 463. The third kappa shape index (κ3) is 2.52. The van der Waals surface area contributed by atoms with Gasteiger partial charge in [0.15, 0.2) is 0 Å². The van der Waals surface area contributed by atoms with Crippen LogP contribution in [0.5, 0.6) is 0 Å². The van der Waals surface area contributed by atoms with Crippen molar-refractivity contribution < 1.29 is 8.42 Å². The number of nitrogens with one attached hydrogen (secondary N) is 2. The first-order chi connectivity index (χ1) is 8.17.